The molecule has 3 aromatic carbocycles. The summed E-state index contributed by atoms with van der Waals surface area (Å²) in [6.45, 7) is 0. The van der Waals surface area contributed by atoms with Crippen LogP contribution in [-0.2, 0) is 9.54 Å². The third-order valence-electron chi connectivity index (χ3n) is 4.90. The van der Waals surface area contributed by atoms with Crippen LogP contribution in [0.5, 0.6) is 0 Å². The van der Waals surface area contributed by atoms with Crippen molar-refractivity contribution in [2.75, 3.05) is 10.6 Å². The van der Waals surface area contributed by atoms with Crippen molar-refractivity contribution in [3.05, 3.63) is 94.8 Å². The van der Waals surface area contributed by atoms with E-state index in [-0.39, 0.29) is 11.7 Å². The number of thioether (sulfide) groups is 1. The largest absolute Gasteiger partial charge is 0.354 e. The molecular formula is C22H14ClFN2OS. The maximum atomic E-state index is 13.5. The minimum atomic E-state index is -0.938. The Bertz CT molecular complexity index is 1150. The average Bonchev–Trinajstić information content (AvgIpc) is 2.84. The van der Waals surface area contributed by atoms with Crippen LogP contribution in [0.3, 0.4) is 0 Å². The summed E-state index contributed by atoms with van der Waals surface area (Å²) in [5.74, 6) is -0.419. The lowest BCUT2D eigenvalue weighted by molar-refractivity contribution is -0.116. The van der Waals surface area contributed by atoms with Crippen LogP contribution in [0.4, 0.5) is 15.8 Å². The number of hydrogen-bond donors (Lipinski definition) is 2. The van der Waals surface area contributed by atoms with E-state index >= 15 is 0 Å². The molecule has 0 aromatic heterocycles. The first-order valence-corrected chi connectivity index (χ1v) is 9.90. The van der Waals surface area contributed by atoms with Gasteiger partial charge in [-0.2, -0.15) is 0 Å². The predicted octanol–water partition coefficient (Wildman–Crippen LogP) is 5.89. The Morgan fingerprint density at radius 2 is 1.71 bits per heavy atom. The molecule has 1 spiro atoms. The molecule has 0 saturated carbocycles. The number of carbonyl (C=O) groups is 1. The van der Waals surface area contributed by atoms with Crippen LogP contribution in [0.1, 0.15) is 11.1 Å². The van der Waals surface area contributed by atoms with Gasteiger partial charge in [0.2, 0.25) is 5.91 Å². The van der Waals surface area contributed by atoms with Gasteiger partial charge in [-0.3, -0.25) is 4.79 Å². The second-order valence-corrected chi connectivity index (χ2v) is 8.39. The number of para-hydroxylation sites is 1. The molecule has 0 aliphatic carbocycles. The van der Waals surface area contributed by atoms with Gasteiger partial charge in [0.15, 0.2) is 0 Å². The minimum Gasteiger partial charge on any atom is -0.354 e. The van der Waals surface area contributed by atoms with Crippen LogP contribution in [0, 0.1) is 5.82 Å². The zero-order valence-corrected chi connectivity index (χ0v) is 16.1. The zero-order chi connectivity index (χ0) is 19.3. The Kier molecular flexibility index (Phi) is 3.96. The fourth-order valence-corrected chi connectivity index (χ4v) is 5.04. The highest BCUT2D eigenvalue weighted by atomic mass is 35.5. The summed E-state index contributed by atoms with van der Waals surface area (Å²) in [5, 5.41) is 6.98. The molecular weight excluding hydrogens is 395 g/mol. The van der Waals surface area contributed by atoms with Gasteiger partial charge in [-0.05, 0) is 48.0 Å². The molecule has 1 amide bonds. The van der Waals surface area contributed by atoms with Gasteiger partial charge >= 0.3 is 0 Å². The molecule has 3 nitrogen and oxygen atoms in total. The number of halogens is 2. The van der Waals surface area contributed by atoms with E-state index in [9.17, 15) is 9.18 Å². The van der Waals surface area contributed by atoms with Gasteiger partial charge in [0.25, 0.3) is 0 Å². The van der Waals surface area contributed by atoms with Crippen LogP contribution >= 0.6 is 23.4 Å². The van der Waals surface area contributed by atoms with Crippen molar-refractivity contribution in [1.29, 1.82) is 0 Å². The molecule has 0 saturated heterocycles. The maximum absolute atomic E-state index is 13.5. The maximum Gasteiger partial charge on any atom is 0.249 e. The van der Waals surface area contributed by atoms with Gasteiger partial charge in [-0.1, -0.05) is 53.7 Å². The summed E-state index contributed by atoms with van der Waals surface area (Å²) in [6, 6.07) is 19.4. The predicted molar refractivity (Wildman–Crippen MR) is 112 cm³/mol. The van der Waals surface area contributed by atoms with Gasteiger partial charge in [-0.15, -0.1) is 0 Å². The molecule has 28 heavy (non-hydrogen) atoms. The van der Waals surface area contributed by atoms with Crippen molar-refractivity contribution >= 4 is 46.3 Å². The third-order valence-corrected chi connectivity index (χ3v) is 6.55. The summed E-state index contributed by atoms with van der Waals surface area (Å²) in [6.07, 6.45) is 1.92. The highest BCUT2D eigenvalue weighted by Gasteiger charge is 2.48. The SMILES string of the molecule is O=C1Nc2ccccc2[C@]12C=C(c1ccc(F)cc1)Nc1cc(Cl)ccc1S2. The standard InChI is InChI=1S/C22H14ClFN2OS/c23-14-7-10-20-18(11-14)25-19(13-5-8-15(24)9-6-13)12-22(28-20)16-3-1-2-4-17(16)26-21(22)27/h1-12,25H,(H,26,27)/t22-/m1/s1. The number of amides is 1. The molecule has 3 aromatic rings. The Morgan fingerprint density at radius 3 is 2.54 bits per heavy atom. The smallest absolute Gasteiger partial charge is 0.249 e. The van der Waals surface area contributed by atoms with E-state index in [2.05, 4.69) is 10.6 Å². The molecule has 2 N–H and O–H groups in total. The topological polar surface area (TPSA) is 41.1 Å². The van der Waals surface area contributed by atoms with Crippen molar-refractivity contribution < 1.29 is 9.18 Å². The molecule has 2 aliphatic heterocycles. The number of anilines is 2. The van der Waals surface area contributed by atoms with E-state index in [1.54, 1.807) is 12.1 Å². The minimum absolute atomic E-state index is 0.108. The summed E-state index contributed by atoms with van der Waals surface area (Å²) in [4.78, 5) is 14.1. The Morgan fingerprint density at radius 1 is 0.929 bits per heavy atom. The van der Waals surface area contributed by atoms with E-state index in [1.165, 1.54) is 23.9 Å². The van der Waals surface area contributed by atoms with Crippen molar-refractivity contribution in [3.8, 4) is 0 Å². The molecule has 2 aliphatic rings. The van der Waals surface area contributed by atoms with Crippen LogP contribution in [-0.4, -0.2) is 5.91 Å². The first kappa shape index (κ1) is 17.3. The van der Waals surface area contributed by atoms with Gasteiger partial charge < -0.3 is 10.6 Å². The number of carbonyl (C=O) groups excluding carboxylic acids is 1. The lowest BCUT2D eigenvalue weighted by Crippen LogP contribution is -2.29. The number of benzene rings is 3. The van der Waals surface area contributed by atoms with Crippen molar-refractivity contribution in [2.45, 2.75) is 9.64 Å². The van der Waals surface area contributed by atoms with Crippen molar-refractivity contribution in [3.63, 3.8) is 0 Å². The fourth-order valence-electron chi connectivity index (χ4n) is 3.56. The molecule has 6 heteroatoms. The lowest BCUT2D eigenvalue weighted by atomic mass is 9.96. The highest BCUT2D eigenvalue weighted by molar-refractivity contribution is 8.01. The van der Waals surface area contributed by atoms with E-state index < -0.39 is 4.75 Å². The van der Waals surface area contributed by atoms with E-state index in [1.807, 2.05) is 48.5 Å². The van der Waals surface area contributed by atoms with E-state index in [4.69, 9.17) is 11.6 Å². The molecule has 5 rings (SSSR count). The molecule has 0 radical (unpaired) electrons. The summed E-state index contributed by atoms with van der Waals surface area (Å²) in [7, 11) is 0. The number of rotatable bonds is 1. The van der Waals surface area contributed by atoms with Gasteiger partial charge in [0.1, 0.15) is 10.6 Å². The lowest BCUT2D eigenvalue weighted by Gasteiger charge is -2.22. The Hall–Kier alpha value is -2.76. The normalized spacial score (nSPS) is 19.9. The molecule has 138 valence electrons. The summed E-state index contributed by atoms with van der Waals surface area (Å²) >= 11 is 7.67. The molecule has 0 unspecified atom stereocenters. The van der Waals surface area contributed by atoms with Gasteiger partial charge in [-0.25, -0.2) is 4.39 Å². The fraction of sp³-hybridized carbons (Fsp3) is 0.0455. The molecule has 2 heterocycles. The zero-order valence-electron chi connectivity index (χ0n) is 14.5. The quantitative estimate of drug-likeness (QED) is 0.527. The van der Waals surface area contributed by atoms with Crippen LogP contribution in [0.15, 0.2) is 77.7 Å². The highest BCUT2D eigenvalue weighted by Crippen LogP contribution is 2.54. The first-order chi connectivity index (χ1) is 13.5. The molecule has 0 fully saturated rings. The van der Waals surface area contributed by atoms with Crippen LogP contribution < -0.4 is 10.6 Å². The summed E-state index contributed by atoms with van der Waals surface area (Å²) < 4.78 is 12.5. The Labute approximate surface area is 170 Å². The first-order valence-electron chi connectivity index (χ1n) is 8.70. The number of nitrogens with one attached hydrogen (secondary N) is 2. The Balaban J connectivity index is 1.76. The van der Waals surface area contributed by atoms with E-state index in [0.717, 1.165) is 33.1 Å². The number of hydrogen-bond acceptors (Lipinski definition) is 3. The van der Waals surface area contributed by atoms with E-state index in [0.29, 0.717) is 5.02 Å². The second kappa shape index (κ2) is 6.40. The van der Waals surface area contributed by atoms with Crippen LogP contribution in [0.2, 0.25) is 5.02 Å². The number of fused-ring (bicyclic) bond motifs is 3. The average molecular weight is 409 g/mol. The van der Waals surface area contributed by atoms with Crippen molar-refractivity contribution in [1.82, 2.24) is 0 Å². The third kappa shape index (κ3) is 2.70. The van der Waals surface area contributed by atoms with Gasteiger partial charge in [0.05, 0.1) is 5.69 Å². The van der Waals surface area contributed by atoms with Crippen molar-refractivity contribution in [2.24, 2.45) is 0 Å². The second-order valence-electron chi connectivity index (χ2n) is 6.67. The van der Waals surface area contributed by atoms with Gasteiger partial charge in [0, 0.05) is 26.9 Å². The monoisotopic (exact) mass is 408 g/mol. The van der Waals surface area contributed by atoms with Crippen LogP contribution in [0.25, 0.3) is 5.70 Å². The summed E-state index contributed by atoms with van der Waals surface area (Å²) in [5.41, 5.74) is 4.01. The molecule has 1 atom stereocenters. The molecule has 0 bridgehead atoms.